The van der Waals surface area contributed by atoms with Gasteiger partial charge in [0, 0.05) is 13.0 Å². The van der Waals surface area contributed by atoms with Crippen molar-refractivity contribution in [3.8, 4) is 0 Å². The van der Waals surface area contributed by atoms with Crippen molar-refractivity contribution >= 4 is 13.8 Å². The number of hydrogen-bond acceptors (Lipinski definition) is 6. The molecule has 0 aromatic heterocycles. The summed E-state index contributed by atoms with van der Waals surface area (Å²) >= 11 is 0. The van der Waals surface area contributed by atoms with Gasteiger partial charge in [-0.3, -0.25) is 13.8 Å². The Morgan fingerprint density at radius 3 is 1.80 bits per heavy atom. The third-order valence-electron chi connectivity index (χ3n) is 7.77. The molecule has 8 nitrogen and oxygen atoms in total. The summed E-state index contributed by atoms with van der Waals surface area (Å²) in [5.74, 6) is -0.323. The van der Waals surface area contributed by atoms with Crippen LogP contribution in [0.2, 0.25) is 0 Å². The fourth-order valence-corrected chi connectivity index (χ4v) is 5.56. The van der Waals surface area contributed by atoms with Crippen LogP contribution in [-0.4, -0.2) is 75.6 Å². The number of allylic oxidation sites excluding steroid dienone is 4. The normalized spacial score (nSPS) is 14.3. The molecule has 0 aliphatic rings. The third-order valence-corrected chi connectivity index (χ3v) is 8.75. The van der Waals surface area contributed by atoms with Gasteiger partial charge >= 0.3 is 13.8 Å². The van der Waals surface area contributed by atoms with E-state index in [1.54, 1.807) is 0 Å². The predicted molar refractivity (Wildman–Crippen MR) is 192 cm³/mol. The number of rotatable bonds is 34. The summed E-state index contributed by atoms with van der Waals surface area (Å²) in [6, 6.07) is 0. The molecule has 272 valence electrons. The van der Waals surface area contributed by atoms with E-state index in [0.717, 1.165) is 44.9 Å². The first-order chi connectivity index (χ1) is 22.1. The van der Waals surface area contributed by atoms with E-state index in [4.69, 9.17) is 18.5 Å². The van der Waals surface area contributed by atoms with Crippen LogP contribution in [0.5, 0.6) is 0 Å². The Labute approximate surface area is 283 Å². The Morgan fingerprint density at radius 2 is 1.20 bits per heavy atom. The van der Waals surface area contributed by atoms with Crippen molar-refractivity contribution in [3.05, 3.63) is 24.3 Å². The maximum atomic E-state index is 12.5. The molecule has 0 bridgehead atoms. The number of likely N-dealkylation sites (N-methyl/N-ethyl adjacent to an activating group) is 1. The minimum atomic E-state index is -4.26. The number of phosphoric ester groups is 1. The molecule has 2 atom stereocenters. The van der Waals surface area contributed by atoms with E-state index < -0.39 is 13.9 Å². The SMILES string of the molecule is CCCCC/C=C\C/C=C\CCCCCCCCOCC(COP(=O)(O)OCC[N+](C)(C)C)OC(=O)CCCCCCCCCC. The zero-order valence-electron chi connectivity index (χ0n) is 30.6. The number of ether oxygens (including phenoxy) is 2. The predicted octanol–water partition coefficient (Wildman–Crippen LogP) is 10.1. The topological polar surface area (TPSA) is 91.3 Å². The molecule has 0 radical (unpaired) electrons. The largest absolute Gasteiger partial charge is 0.472 e. The molecule has 9 heteroatoms. The number of hydrogen-bond donors (Lipinski definition) is 1. The molecule has 46 heavy (non-hydrogen) atoms. The van der Waals surface area contributed by atoms with Crippen molar-refractivity contribution in [1.82, 2.24) is 0 Å². The number of carbonyl (C=O) groups is 1. The Kier molecular flexibility index (Phi) is 30.6. The summed E-state index contributed by atoms with van der Waals surface area (Å²) in [5.41, 5.74) is 0. The van der Waals surface area contributed by atoms with Crippen molar-refractivity contribution < 1.29 is 37.3 Å². The summed E-state index contributed by atoms with van der Waals surface area (Å²) in [6.07, 6.45) is 32.1. The second-order valence-corrected chi connectivity index (χ2v) is 15.1. The lowest BCUT2D eigenvalue weighted by molar-refractivity contribution is -0.870. The Hall–Kier alpha value is -1.02. The molecule has 0 heterocycles. The lowest BCUT2D eigenvalue weighted by Crippen LogP contribution is -2.37. The highest BCUT2D eigenvalue weighted by molar-refractivity contribution is 7.47. The van der Waals surface area contributed by atoms with Gasteiger partial charge in [0.15, 0.2) is 0 Å². The van der Waals surface area contributed by atoms with Crippen LogP contribution < -0.4 is 0 Å². The molecule has 1 N–H and O–H groups in total. The number of unbranched alkanes of at least 4 members (excludes halogenated alkanes) is 16. The van der Waals surface area contributed by atoms with Crippen molar-refractivity contribution in [1.29, 1.82) is 0 Å². The summed E-state index contributed by atoms with van der Waals surface area (Å²) in [7, 11) is 1.66. The molecule has 0 aromatic carbocycles. The molecule has 0 saturated carbocycles. The summed E-state index contributed by atoms with van der Waals surface area (Å²) in [4.78, 5) is 22.6. The van der Waals surface area contributed by atoms with Gasteiger partial charge in [-0.2, -0.15) is 0 Å². The molecule has 0 rings (SSSR count). The fourth-order valence-electron chi connectivity index (χ4n) is 4.82. The van der Waals surface area contributed by atoms with Gasteiger partial charge in [0.1, 0.15) is 19.3 Å². The summed E-state index contributed by atoms with van der Waals surface area (Å²) in [5, 5.41) is 0. The second kappa shape index (κ2) is 31.3. The molecule has 2 unspecified atom stereocenters. The van der Waals surface area contributed by atoms with E-state index in [1.807, 2.05) is 21.1 Å². The van der Waals surface area contributed by atoms with Crippen LogP contribution in [0.25, 0.3) is 0 Å². The average Bonchev–Trinajstić information content (AvgIpc) is 2.99. The monoisotopic (exact) mass is 675 g/mol. The molecule has 0 amide bonds. The van der Waals surface area contributed by atoms with Crippen LogP contribution in [0.15, 0.2) is 24.3 Å². The lowest BCUT2D eigenvalue weighted by Gasteiger charge is -2.24. The van der Waals surface area contributed by atoms with Gasteiger partial charge in [0.25, 0.3) is 0 Å². The highest BCUT2D eigenvalue weighted by Gasteiger charge is 2.26. The van der Waals surface area contributed by atoms with Crippen LogP contribution in [0.1, 0.15) is 149 Å². The highest BCUT2D eigenvalue weighted by Crippen LogP contribution is 2.43. The van der Waals surface area contributed by atoms with E-state index in [2.05, 4.69) is 38.2 Å². The Morgan fingerprint density at radius 1 is 0.674 bits per heavy atom. The van der Waals surface area contributed by atoms with E-state index in [-0.39, 0.29) is 25.8 Å². The van der Waals surface area contributed by atoms with Gasteiger partial charge < -0.3 is 18.9 Å². The first-order valence-electron chi connectivity index (χ1n) is 18.6. The molecule has 0 fully saturated rings. The summed E-state index contributed by atoms with van der Waals surface area (Å²) < 4.78 is 34.7. The van der Waals surface area contributed by atoms with Gasteiger partial charge in [-0.25, -0.2) is 4.57 Å². The van der Waals surface area contributed by atoms with Crippen molar-refractivity contribution in [2.75, 3.05) is 54.1 Å². The van der Waals surface area contributed by atoms with Crippen LogP contribution in [0, 0.1) is 0 Å². The van der Waals surface area contributed by atoms with Crippen molar-refractivity contribution in [2.24, 2.45) is 0 Å². The van der Waals surface area contributed by atoms with E-state index in [1.165, 1.54) is 83.5 Å². The Balaban J connectivity index is 4.26. The maximum absolute atomic E-state index is 12.5. The minimum absolute atomic E-state index is 0.0875. The molecule has 0 aliphatic carbocycles. The molecule has 0 aliphatic heterocycles. The highest BCUT2D eigenvalue weighted by atomic mass is 31.2. The quantitative estimate of drug-likeness (QED) is 0.0239. The number of quaternary nitrogens is 1. The molecule has 0 spiro atoms. The van der Waals surface area contributed by atoms with E-state index in [9.17, 15) is 14.3 Å². The first kappa shape index (κ1) is 45.0. The van der Waals surface area contributed by atoms with E-state index in [0.29, 0.717) is 24.1 Å². The van der Waals surface area contributed by atoms with Crippen molar-refractivity contribution in [2.45, 2.75) is 155 Å². The zero-order valence-corrected chi connectivity index (χ0v) is 31.5. The van der Waals surface area contributed by atoms with Crippen molar-refractivity contribution in [3.63, 3.8) is 0 Å². The van der Waals surface area contributed by atoms with Crippen LogP contribution in [0.4, 0.5) is 0 Å². The van der Waals surface area contributed by atoms with Crippen LogP contribution >= 0.6 is 7.82 Å². The maximum Gasteiger partial charge on any atom is 0.472 e. The zero-order chi connectivity index (χ0) is 34.2. The van der Waals surface area contributed by atoms with E-state index >= 15 is 0 Å². The third kappa shape index (κ3) is 34.3. The number of nitrogens with zero attached hydrogens (tertiary/aromatic N) is 1. The molecule has 0 aromatic rings. The van der Waals surface area contributed by atoms with Gasteiger partial charge in [0.2, 0.25) is 0 Å². The van der Waals surface area contributed by atoms with Crippen LogP contribution in [0.3, 0.4) is 0 Å². The van der Waals surface area contributed by atoms with Gasteiger partial charge in [-0.1, -0.05) is 122 Å². The minimum Gasteiger partial charge on any atom is -0.457 e. The van der Waals surface area contributed by atoms with Gasteiger partial charge in [0.05, 0.1) is 34.4 Å². The fraction of sp³-hybridized carbons (Fsp3) is 0.865. The Bertz CT molecular complexity index is 797. The van der Waals surface area contributed by atoms with Crippen LogP contribution in [-0.2, 0) is 27.9 Å². The number of esters is 1. The molecular weight excluding hydrogens is 601 g/mol. The van der Waals surface area contributed by atoms with Gasteiger partial charge in [-0.15, -0.1) is 0 Å². The number of carbonyl (C=O) groups excluding carboxylic acids is 1. The smallest absolute Gasteiger partial charge is 0.457 e. The van der Waals surface area contributed by atoms with Gasteiger partial charge in [-0.05, 0) is 44.9 Å². The first-order valence-corrected chi connectivity index (χ1v) is 20.1. The second-order valence-electron chi connectivity index (χ2n) is 13.6. The lowest BCUT2D eigenvalue weighted by atomic mass is 10.1. The number of phosphoric acid groups is 1. The average molecular weight is 675 g/mol. The summed E-state index contributed by atoms with van der Waals surface area (Å²) in [6.45, 7) is 5.53. The molecular formula is C37H73NO7P+. The molecule has 0 saturated heterocycles. The standard InChI is InChI=1S/C37H72NO7P/c1-6-8-10-12-14-16-17-18-19-20-21-22-23-25-27-29-32-42-34-36(35-44-46(40,41)43-33-31-38(3,4)5)45-37(39)30-28-26-24-15-13-11-9-7-2/h14,16,18-19,36H,6-13,15,17,20-35H2,1-5H3/p+1/b16-14-,19-18-.